The highest BCUT2D eigenvalue weighted by molar-refractivity contribution is 5.89. The van der Waals surface area contributed by atoms with Gasteiger partial charge in [-0.3, -0.25) is 9.78 Å². The molecule has 43 heavy (non-hydrogen) atoms. The summed E-state index contributed by atoms with van der Waals surface area (Å²) in [4.78, 5) is 43.0. The van der Waals surface area contributed by atoms with Gasteiger partial charge in [-0.2, -0.15) is 0 Å². The summed E-state index contributed by atoms with van der Waals surface area (Å²) in [5.74, 6) is -2.01. The zero-order chi connectivity index (χ0) is 31.6. The minimum atomic E-state index is -1.99. The number of allylic oxidation sites excluding steroid dienone is 1. The van der Waals surface area contributed by atoms with Crippen molar-refractivity contribution in [3.8, 4) is 0 Å². The number of carbonyl (C=O) groups excluding carboxylic acids is 3. The Hall–Kier alpha value is -2.88. The van der Waals surface area contributed by atoms with Crippen LogP contribution in [0.4, 0.5) is 0 Å². The number of aliphatic hydroxyl groups is 3. The Kier molecular flexibility index (Phi) is 7.80. The molecule has 0 aliphatic heterocycles. The second-order valence-electron chi connectivity index (χ2n) is 14.0. The number of nitrogens with zero attached hydrogens (tertiary/aromatic N) is 1. The van der Waals surface area contributed by atoms with Crippen LogP contribution in [0.2, 0.25) is 0 Å². The van der Waals surface area contributed by atoms with E-state index in [-0.39, 0.29) is 37.7 Å². The first-order valence-electron chi connectivity index (χ1n) is 15.4. The van der Waals surface area contributed by atoms with Gasteiger partial charge in [0.1, 0.15) is 29.0 Å². The molecular weight excluding hydrogens is 550 g/mol. The molecule has 8 atom stereocenters. The molecule has 3 N–H and O–H groups in total. The second kappa shape index (κ2) is 10.6. The lowest BCUT2D eigenvalue weighted by molar-refractivity contribution is -0.314. The van der Waals surface area contributed by atoms with E-state index < -0.39 is 57.4 Å². The summed E-state index contributed by atoms with van der Waals surface area (Å²) in [5, 5.41) is 37.0. The van der Waals surface area contributed by atoms with Crippen LogP contribution in [0.5, 0.6) is 0 Å². The summed E-state index contributed by atoms with van der Waals surface area (Å²) < 4.78 is 11.9. The van der Waals surface area contributed by atoms with E-state index in [0.717, 1.165) is 11.1 Å². The van der Waals surface area contributed by atoms with Crippen LogP contribution in [0.25, 0.3) is 0 Å². The van der Waals surface area contributed by atoms with Gasteiger partial charge in [-0.25, -0.2) is 9.59 Å². The molecule has 0 saturated heterocycles. The second-order valence-corrected chi connectivity index (χ2v) is 14.0. The van der Waals surface area contributed by atoms with Gasteiger partial charge in [-0.15, -0.1) is 0 Å². The topological polar surface area (TPSA) is 143 Å². The Bertz CT molecular complexity index is 1370. The minimum Gasteiger partial charge on any atom is -0.458 e. The van der Waals surface area contributed by atoms with Crippen molar-refractivity contribution < 1.29 is 39.2 Å². The van der Waals surface area contributed by atoms with E-state index in [1.165, 1.54) is 19.2 Å². The lowest BCUT2D eigenvalue weighted by Crippen LogP contribution is -2.78. The molecule has 0 bridgehead atoms. The maximum Gasteiger partial charge on any atom is 0.339 e. The van der Waals surface area contributed by atoms with Crippen molar-refractivity contribution in [1.82, 2.24) is 4.98 Å². The van der Waals surface area contributed by atoms with Crippen LogP contribution in [0.1, 0.15) is 96.8 Å². The van der Waals surface area contributed by atoms with E-state index in [2.05, 4.69) is 4.98 Å². The predicted octanol–water partition coefficient (Wildman–Crippen LogP) is 4.24. The standard InChI is InChI=1S/C34H45NO8/c1-20(2)21(3)16-28(37)43-27-18-26-30(5)11-10-25(42-29(38)23-8-7-15-35-19-23)17-24(30)9-12-33(26,40)34(41)14-13-32(39,22(4)36)31(27,34)6/h7-9,15-16,19-20,25-27,39-41H,10-14,17-18H2,1-6H3/b21-16+/t25-,26?,27+,30-,31+,32+,33-,34+/m0/s1. The lowest BCUT2D eigenvalue weighted by Gasteiger charge is -2.67. The highest BCUT2D eigenvalue weighted by atomic mass is 16.6. The molecule has 1 aromatic heterocycles. The van der Waals surface area contributed by atoms with Crippen LogP contribution in [-0.2, 0) is 19.1 Å². The Morgan fingerprint density at radius 3 is 2.42 bits per heavy atom. The Labute approximate surface area is 253 Å². The summed E-state index contributed by atoms with van der Waals surface area (Å²) >= 11 is 0. The summed E-state index contributed by atoms with van der Waals surface area (Å²) in [5.41, 5.74) is -5.64. The van der Waals surface area contributed by atoms with Crippen molar-refractivity contribution in [3.05, 3.63) is 53.4 Å². The zero-order valence-electron chi connectivity index (χ0n) is 26.1. The van der Waals surface area contributed by atoms with Crippen molar-refractivity contribution in [1.29, 1.82) is 0 Å². The lowest BCUT2D eigenvalue weighted by atomic mass is 9.42. The van der Waals surface area contributed by atoms with Gasteiger partial charge in [0, 0.05) is 30.8 Å². The van der Waals surface area contributed by atoms with Crippen molar-refractivity contribution in [2.24, 2.45) is 22.7 Å². The molecule has 1 unspecified atom stereocenters. The molecule has 0 amide bonds. The third kappa shape index (κ3) is 4.53. The van der Waals surface area contributed by atoms with Crippen LogP contribution in [0.3, 0.4) is 0 Å². The van der Waals surface area contributed by atoms with Gasteiger partial charge in [0.05, 0.1) is 11.0 Å². The number of Topliss-reactive ketones (excluding diaryl/α,β-unsaturated/α-hetero) is 1. The van der Waals surface area contributed by atoms with Gasteiger partial charge in [0.2, 0.25) is 0 Å². The molecule has 3 saturated carbocycles. The number of rotatable bonds is 6. The first kappa shape index (κ1) is 31.5. The van der Waals surface area contributed by atoms with Gasteiger partial charge < -0.3 is 24.8 Å². The third-order valence-corrected chi connectivity index (χ3v) is 11.8. The quantitative estimate of drug-likeness (QED) is 0.250. The van der Waals surface area contributed by atoms with Gasteiger partial charge in [0.15, 0.2) is 5.78 Å². The number of carbonyl (C=O) groups is 3. The predicted molar refractivity (Wildman–Crippen MR) is 158 cm³/mol. The smallest absolute Gasteiger partial charge is 0.339 e. The summed E-state index contributed by atoms with van der Waals surface area (Å²) in [7, 11) is 0. The van der Waals surface area contributed by atoms with Crippen molar-refractivity contribution in [2.75, 3.05) is 0 Å². The molecule has 9 nitrogen and oxygen atoms in total. The molecular formula is C34H45NO8. The van der Waals surface area contributed by atoms with E-state index >= 15 is 0 Å². The number of hydrogen-bond acceptors (Lipinski definition) is 9. The van der Waals surface area contributed by atoms with E-state index in [4.69, 9.17) is 9.47 Å². The molecule has 4 aliphatic carbocycles. The Balaban J connectivity index is 1.51. The molecule has 0 aromatic carbocycles. The molecule has 234 valence electrons. The Morgan fingerprint density at radius 2 is 1.79 bits per heavy atom. The molecule has 3 fully saturated rings. The van der Waals surface area contributed by atoms with Gasteiger partial charge in [0.25, 0.3) is 0 Å². The minimum absolute atomic E-state index is 0.0217. The normalized spacial score (nSPS) is 40.6. The van der Waals surface area contributed by atoms with Crippen LogP contribution >= 0.6 is 0 Å². The van der Waals surface area contributed by atoms with Crippen molar-refractivity contribution in [3.63, 3.8) is 0 Å². The maximum atomic E-state index is 13.2. The van der Waals surface area contributed by atoms with Crippen LogP contribution in [0.15, 0.2) is 47.8 Å². The number of hydrogen-bond donors (Lipinski definition) is 3. The molecule has 0 radical (unpaired) electrons. The fourth-order valence-corrected chi connectivity index (χ4v) is 8.69. The first-order valence-corrected chi connectivity index (χ1v) is 15.4. The number of ketones is 1. The van der Waals surface area contributed by atoms with Gasteiger partial charge in [-0.05, 0) is 82.8 Å². The summed E-state index contributed by atoms with van der Waals surface area (Å²) in [6.07, 6.45) is 6.77. The SMILES string of the molecule is CC(=O)[C@]1(O)CC[C@@]2(O)[C@]1(C)[C@H](OC(=O)/C=C(\C)C(C)C)CC1[C@@]3(C)CC[C@H](OC(=O)c4cccnc4)CC3=CC[C@]12O. The van der Waals surface area contributed by atoms with E-state index in [1.54, 1.807) is 25.3 Å². The zero-order valence-corrected chi connectivity index (χ0v) is 26.1. The average molecular weight is 596 g/mol. The van der Waals surface area contributed by atoms with E-state index in [9.17, 15) is 29.7 Å². The maximum absolute atomic E-state index is 13.2. The highest BCUT2D eigenvalue weighted by Gasteiger charge is 2.81. The van der Waals surface area contributed by atoms with Crippen LogP contribution in [-0.4, -0.2) is 67.0 Å². The number of esters is 2. The molecule has 4 aliphatic rings. The monoisotopic (exact) mass is 595 g/mol. The summed E-state index contributed by atoms with van der Waals surface area (Å²) in [6.45, 7) is 10.7. The van der Waals surface area contributed by atoms with Crippen molar-refractivity contribution in [2.45, 2.75) is 115 Å². The molecule has 1 heterocycles. The Morgan fingerprint density at radius 1 is 1.07 bits per heavy atom. The highest BCUT2D eigenvalue weighted by Crippen LogP contribution is 2.71. The van der Waals surface area contributed by atoms with E-state index in [0.29, 0.717) is 24.8 Å². The number of fused-ring (bicyclic) bond motifs is 5. The van der Waals surface area contributed by atoms with Crippen molar-refractivity contribution >= 4 is 17.7 Å². The number of aromatic nitrogens is 1. The molecule has 5 rings (SSSR count). The number of pyridine rings is 1. The van der Waals surface area contributed by atoms with Crippen LogP contribution < -0.4 is 0 Å². The first-order chi connectivity index (χ1) is 20.0. The van der Waals surface area contributed by atoms with Gasteiger partial charge in [-0.1, -0.05) is 38.0 Å². The van der Waals surface area contributed by atoms with Gasteiger partial charge >= 0.3 is 11.9 Å². The van der Waals surface area contributed by atoms with Crippen LogP contribution in [0, 0.1) is 22.7 Å². The molecule has 1 aromatic rings. The molecule has 0 spiro atoms. The fourth-order valence-electron chi connectivity index (χ4n) is 8.69. The number of ether oxygens (including phenoxy) is 2. The third-order valence-electron chi connectivity index (χ3n) is 11.8. The average Bonchev–Trinajstić information content (AvgIpc) is 3.19. The molecule has 9 heteroatoms. The summed E-state index contributed by atoms with van der Waals surface area (Å²) in [6, 6.07) is 3.34. The van der Waals surface area contributed by atoms with E-state index in [1.807, 2.05) is 33.8 Å². The fraction of sp³-hybridized carbons (Fsp3) is 0.647. The largest absolute Gasteiger partial charge is 0.458 e.